The molecule has 3 aromatic rings. The summed E-state index contributed by atoms with van der Waals surface area (Å²) in [6, 6.07) is 8.86. The van der Waals surface area contributed by atoms with Crippen molar-refractivity contribution in [3.8, 4) is 18.1 Å². The number of alkyl halides is 3. The second-order valence-corrected chi connectivity index (χ2v) is 15.4. The molecule has 3 amide bonds. The largest absolute Gasteiger partial charge is 0.481 e. The highest BCUT2D eigenvalue weighted by molar-refractivity contribution is 7.02. The molecule has 2 aliphatic heterocycles. The molecule has 0 unspecified atom stereocenters. The molecule has 0 spiro atoms. The van der Waals surface area contributed by atoms with Crippen LogP contribution in [0.3, 0.4) is 0 Å². The van der Waals surface area contributed by atoms with E-state index in [1.54, 1.807) is 24.2 Å². The minimum atomic E-state index is -1.01. The molecule has 1 aromatic heterocycles. The normalized spacial score (nSPS) is 13.9. The first-order valence-electron chi connectivity index (χ1n) is 17.8. The number of hydrogen-bond acceptors (Lipinski definition) is 8. The van der Waals surface area contributed by atoms with Gasteiger partial charge in [0, 0.05) is 50.8 Å². The summed E-state index contributed by atoms with van der Waals surface area (Å²) in [5, 5.41) is 0. The molecular weight excluding hydrogens is 802 g/mol. The summed E-state index contributed by atoms with van der Waals surface area (Å²) in [5.41, 5.74) is 3.92. The van der Waals surface area contributed by atoms with E-state index in [1.807, 2.05) is 22.8 Å². The number of rotatable bonds is 13. The van der Waals surface area contributed by atoms with Crippen LogP contribution in [-0.2, 0) is 44.9 Å². The number of hydrogen-bond donors (Lipinski definition) is 0. The topological polar surface area (TPSA) is 110 Å². The minimum absolute atomic E-state index is 0.0371. The molecule has 2 aliphatic rings. The van der Waals surface area contributed by atoms with E-state index in [0.717, 1.165) is 48.4 Å². The van der Waals surface area contributed by atoms with Gasteiger partial charge in [0.25, 0.3) is 11.8 Å². The van der Waals surface area contributed by atoms with E-state index >= 15 is 0 Å². The zero-order valence-electron chi connectivity index (χ0n) is 32.3. The number of terminal acetylenes is 1. The zero-order valence-corrected chi connectivity index (χ0v) is 35.4. The highest BCUT2D eigenvalue weighted by Crippen LogP contribution is 2.37. The third-order valence-electron chi connectivity index (χ3n) is 8.54. The van der Waals surface area contributed by atoms with Gasteiger partial charge in [0.15, 0.2) is 17.3 Å². The maximum Gasteiger partial charge on any atom is 0.265 e. The molecule has 5 rings (SSSR count). The monoisotopic (exact) mass is 848 g/mol. The summed E-state index contributed by atoms with van der Waals surface area (Å²) in [4.78, 5) is 43.8. The van der Waals surface area contributed by atoms with Gasteiger partial charge in [-0.2, -0.15) is 4.37 Å². The molecule has 0 radical (unpaired) electrons. The highest BCUT2D eigenvalue weighted by Gasteiger charge is 2.31. The molecule has 56 heavy (non-hydrogen) atoms. The van der Waals surface area contributed by atoms with E-state index in [0.29, 0.717) is 29.3 Å². The lowest BCUT2D eigenvalue weighted by atomic mass is 9.92. The molecule has 0 atom stereocenters. The summed E-state index contributed by atoms with van der Waals surface area (Å²) in [6.07, 6.45) is 11.2. The fourth-order valence-corrected chi connectivity index (χ4v) is 7.15. The lowest BCUT2D eigenvalue weighted by Gasteiger charge is -2.28. The first-order chi connectivity index (χ1) is 26.7. The number of ether oxygens (including phenoxy) is 2. The van der Waals surface area contributed by atoms with Gasteiger partial charge in [-0.3, -0.25) is 24.2 Å². The van der Waals surface area contributed by atoms with E-state index in [1.165, 1.54) is 33.5 Å². The molecule has 0 fully saturated rings. The van der Waals surface area contributed by atoms with E-state index in [4.69, 9.17) is 50.7 Å². The Morgan fingerprint density at radius 3 is 2.38 bits per heavy atom. The highest BCUT2D eigenvalue weighted by atomic mass is 35.5. The van der Waals surface area contributed by atoms with Crippen molar-refractivity contribution in [2.75, 3.05) is 55.8 Å². The van der Waals surface area contributed by atoms with Gasteiger partial charge in [-0.25, -0.2) is 9.38 Å². The van der Waals surface area contributed by atoms with Crippen LogP contribution in [-0.4, -0.2) is 82.4 Å². The third-order valence-corrected chi connectivity index (χ3v) is 9.92. The fraction of sp³-hybridized carbons (Fsp3) is 0.425. The second kappa shape index (κ2) is 21.9. The summed E-state index contributed by atoms with van der Waals surface area (Å²) in [5.74, 6) is 2.43. The van der Waals surface area contributed by atoms with Crippen LogP contribution >= 0.6 is 46.3 Å². The number of fused-ring (bicyclic) bond motifs is 2. The van der Waals surface area contributed by atoms with E-state index in [-0.39, 0.29) is 54.6 Å². The molecule has 0 N–H and O–H groups in total. The van der Waals surface area contributed by atoms with E-state index < -0.39 is 10.7 Å². The number of aromatic nitrogens is 2. The second-order valence-electron chi connectivity index (χ2n) is 13.3. The van der Waals surface area contributed by atoms with Gasteiger partial charge >= 0.3 is 0 Å². The summed E-state index contributed by atoms with van der Waals surface area (Å²) in [6.45, 7) is 17.3. The standard InChI is InChI=1S/C18H17FN4O2S.C14H20ClNO2.C8H11Cl2NO/c1-4-5-22-13-7-12(11(19)6-14(13)25-9-16(22)24)20-17-23-10-18(2,3)8-15(23)21-26-17;1-4-11-7-6-8-12(5-2)14(11)16(10-18-3)13(17)9-15;1-3-5-11(6-4-2)8(12)7(9)10/h1,6-7H,5,8-10H2,2-3H3;6-8H,4-5,9-10H2,1-3H3;3-4,7H,1-2,5-6H2. The number of methoxy groups -OCH3 is 1. The van der Waals surface area contributed by atoms with Crippen LogP contribution in [0.15, 0.2) is 60.6 Å². The zero-order chi connectivity index (χ0) is 41.6. The Morgan fingerprint density at radius 1 is 1.20 bits per heavy atom. The Kier molecular flexibility index (Phi) is 18.1. The molecule has 16 heteroatoms. The Labute approximate surface area is 347 Å². The van der Waals surface area contributed by atoms with Gasteiger partial charge in [-0.15, -0.1) is 31.2 Å². The van der Waals surface area contributed by atoms with Crippen molar-refractivity contribution in [3.63, 3.8) is 0 Å². The smallest absolute Gasteiger partial charge is 0.265 e. The minimum Gasteiger partial charge on any atom is -0.481 e. The van der Waals surface area contributed by atoms with Crippen LogP contribution in [0.2, 0.25) is 0 Å². The van der Waals surface area contributed by atoms with Crippen molar-refractivity contribution in [3.05, 3.63) is 83.2 Å². The molecule has 0 saturated heterocycles. The maximum atomic E-state index is 14.5. The van der Waals surface area contributed by atoms with Crippen molar-refractivity contribution >= 4 is 81.1 Å². The number of nitrogens with zero attached hydrogens (tertiary/aromatic N) is 6. The van der Waals surface area contributed by atoms with E-state index in [2.05, 4.69) is 56.1 Å². The molecular formula is C40H48Cl3FN6O5S. The van der Waals surface area contributed by atoms with Crippen LogP contribution in [0.5, 0.6) is 5.75 Å². The number of para-hydroxylation sites is 1. The van der Waals surface area contributed by atoms with Gasteiger partial charge in [0.05, 0.1) is 17.9 Å². The quantitative estimate of drug-likeness (QED) is 0.0778. The molecule has 11 nitrogen and oxygen atoms in total. The summed E-state index contributed by atoms with van der Waals surface area (Å²) >= 11 is 17.7. The summed E-state index contributed by atoms with van der Waals surface area (Å²) < 4.78 is 31.4. The van der Waals surface area contributed by atoms with Crippen molar-refractivity contribution in [1.29, 1.82) is 0 Å². The number of benzene rings is 2. The average molecular weight is 850 g/mol. The van der Waals surface area contributed by atoms with Crippen molar-refractivity contribution < 1.29 is 28.2 Å². The first kappa shape index (κ1) is 46.2. The van der Waals surface area contributed by atoms with Crippen molar-refractivity contribution in [2.24, 2.45) is 10.4 Å². The van der Waals surface area contributed by atoms with Crippen molar-refractivity contribution in [2.45, 2.75) is 58.3 Å². The van der Waals surface area contributed by atoms with Crippen molar-refractivity contribution in [1.82, 2.24) is 13.8 Å². The molecule has 0 saturated carbocycles. The number of aryl methyl sites for hydroxylation is 2. The summed E-state index contributed by atoms with van der Waals surface area (Å²) in [7, 11) is 1.58. The Bertz CT molecular complexity index is 1960. The number of carbonyl (C=O) groups is 3. The average Bonchev–Trinajstić information content (AvgIpc) is 3.69. The first-order valence-corrected chi connectivity index (χ1v) is 19.9. The Hall–Kier alpha value is -4.19. The van der Waals surface area contributed by atoms with Crippen LogP contribution in [0.4, 0.5) is 21.5 Å². The van der Waals surface area contributed by atoms with Crippen LogP contribution < -0.4 is 19.3 Å². The van der Waals surface area contributed by atoms with Gasteiger partial charge in [-0.05, 0) is 35.4 Å². The van der Waals surface area contributed by atoms with E-state index in [9.17, 15) is 18.8 Å². The predicted molar refractivity (Wildman–Crippen MR) is 224 cm³/mol. The lowest BCUT2D eigenvalue weighted by Crippen LogP contribution is -2.39. The van der Waals surface area contributed by atoms with Gasteiger partial charge in [0.2, 0.25) is 10.7 Å². The Balaban J connectivity index is 0.000000245. The molecule has 302 valence electrons. The van der Waals surface area contributed by atoms with Crippen LogP contribution in [0.1, 0.15) is 44.6 Å². The van der Waals surface area contributed by atoms with Gasteiger partial charge in [0.1, 0.15) is 29.9 Å². The fourth-order valence-electron chi connectivity index (χ4n) is 5.97. The molecule has 2 aromatic carbocycles. The SMILES string of the molecule is C#CCN1C(=O)COc2cc(F)c(N=c3snc4n3CC(C)(C)C4)cc21.C=CCN(CC=C)C(=O)C(Cl)Cl.CCc1cccc(CC)c1N(COC)C(=O)CCl. The number of anilines is 2. The number of amides is 3. The van der Waals surface area contributed by atoms with Crippen LogP contribution in [0, 0.1) is 23.6 Å². The maximum absolute atomic E-state index is 14.5. The molecule has 0 aliphatic carbocycles. The lowest BCUT2D eigenvalue weighted by molar-refractivity contribution is -0.128. The number of carbonyl (C=O) groups excluding carboxylic acids is 3. The predicted octanol–water partition coefficient (Wildman–Crippen LogP) is 7.23. The molecule has 3 heterocycles. The molecule has 0 bridgehead atoms. The van der Waals surface area contributed by atoms with Gasteiger partial charge in [-0.1, -0.05) is 87.2 Å². The Morgan fingerprint density at radius 2 is 1.84 bits per heavy atom. The third kappa shape index (κ3) is 11.9. The van der Waals surface area contributed by atoms with Gasteiger partial charge < -0.3 is 18.9 Å². The van der Waals surface area contributed by atoms with Crippen LogP contribution in [0.25, 0.3) is 0 Å². The number of halogens is 4.